The van der Waals surface area contributed by atoms with Gasteiger partial charge in [0.2, 0.25) is 0 Å². The maximum absolute atomic E-state index is 12.6. The van der Waals surface area contributed by atoms with E-state index in [0.717, 1.165) is 30.1 Å². The fourth-order valence-electron chi connectivity index (χ4n) is 3.30. The van der Waals surface area contributed by atoms with Gasteiger partial charge in [-0.25, -0.2) is 0 Å². The molecule has 0 saturated carbocycles. The van der Waals surface area contributed by atoms with Gasteiger partial charge in [-0.1, -0.05) is 18.2 Å². The van der Waals surface area contributed by atoms with Gasteiger partial charge in [-0.3, -0.25) is 9.48 Å². The van der Waals surface area contributed by atoms with Crippen molar-refractivity contribution in [1.29, 1.82) is 0 Å². The topological polar surface area (TPSA) is 74.6 Å². The van der Waals surface area contributed by atoms with Crippen molar-refractivity contribution in [1.82, 2.24) is 15.1 Å². The molecule has 0 bridgehead atoms. The molecule has 0 aliphatic carbocycles. The van der Waals surface area contributed by atoms with Gasteiger partial charge in [0.05, 0.1) is 12.3 Å². The molecule has 0 radical (unpaired) electrons. The van der Waals surface area contributed by atoms with Crippen molar-refractivity contribution in [3.05, 3.63) is 71.5 Å². The van der Waals surface area contributed by atoms with Crippen molar-refractivity contribution in [3.8, 4) is 17.2 Å². The molecule has 0 aliphatic heterocycles. The first-order valence-electron chi connectivity index (χ1n) is 10.9. The van der Waals surface area contributed by atoms with E-state index >= 15 is 0 Å². The third kappa shape index (κ3) is 6.77. The molecule has 7 heteroatoms. The van der Waals surface area contributed by atoms with Crippen molar-refractivity contribution in [2.75, 3.05) is 26.4 Å². The van der Waals surface area contributed by atoms with Crippen LogP contribution in [0.5, 0.6) is 17.2 Å². The zero-order valence-electron chi connectivity index (χ0n) is 19.0. The summed E-state index contributed by atoms with van der Waals surface area (Å²) in [5.41, 5.74) is 2.66. The molecular formula is C25H31N3O4. The molecule has 32 heavy (non-hydrogen) atoms. The number of carbonyl (C=O) groups excluding carboxylic acids is 1. The van der Waals surface area contributed by atoms with E-state index in [1.807, 2.05) is 61.9 Å². The molecule has 170 valence electrons. The Labute approximate surface area is 189 Å². The lowest BCUT2D eigenvalue weighted by molar-refractivity contribution is 0.0952. The molecule has 0 spiro atoms. The Morgan fingerprint density at radius 2 is 1.75 bits per heavy atom. The van der Waals surface area contributed by atoms with E-state index in [-0.39, 0.29) is 5.91 Å². The Hall–Kier alpha value is -3.48. The molecule has 1 amide bonds. The number of carbonyl (C=O) groups is 1. The summed E-state index contributed by atoms with van der Waals surface area (Å²) in [4.78, 5) is 12.6. The number of ether oxygens (including phenoxy) is 3. The second-order valence-electron chi connectivity index (χ2n) is 7.36. The van der Waals surface area contributed by atoms with Gasteiger partial charge in [0, 0.05) is 24.3 Å². The molecule has 0 fully saturated rings. The number of aromatic nitrogens is 2. The third-order valence-corrected chi connectivity index (χ3v) is 4.79. The first-order chi connectivity index (χ1) is 15.6. The summed E-state index contributed by atoms with van der Waals surface area (Å²) in [5.74, 6) is 1.79. The maximum Gasteiger partial charge on any atom is 0.251 e. The average Bonchev–Trinajstić information content (AvgIpc) is 3.12. The fourth-order valence-corrected chi connectivity index (χ4v) is 3.30. The number of aryl methyl sites for hydroxylation is 3. The molecule has 3 rings (SSSR count). The fraction of sp³-hybridized carbons (Fsp3) is 0.360. The Bertz CT molecular complexity index is 1000. The average molecular weight is 438 g/mol. The number of hydrogen-bond donors (Lipinski definition) is 1. The molecular weight excluding hydrogens is 406 g/mol. The van der Waals surface area contributed by atoms with Gasteiger partial charge >= 0.3 is 0 Å². The van der Waals surface area contributed by atoms with Crippen molar-refractivity contribution in [2.45, 2.75) is 33.7 Å². The van der Waals surface area contributed by atoms with Crippen LogP contribution in [0.15, 0.2) is 54.6 Å². The van der Waals surface area contributed by atoms with E-state index in [2.05, 4.69) is 10.4 Å². The number of rotatable bonds is 12. The van der Waals surface area contributed by atoms with Crippen molar-refractivity contribution in [3.63, 3.8) is 0 Å². The lowest BCUT2D eigenvalue weighted by atomic mass is 10.2. The minimum absolute atomic E-state index is 0.140. The van der Waals surface area contributed by atoms with E-state index in [9.17, 15) is 4.79 Å². The summed E-state index contributed by atoms with van der Waals surface area (Å²) >= 11 is 0. The molecule has 0 aliphatic rings. The highest BCUT2D eigenvalue weighted by molar-refractivity contribution is 5.94. The van der Waals surface area contributed by atoms with E-state index in [0.29, 0.717) is 43.4 Å². The quantitative estimate of drug-likeness (QED) is 0.430. The summed E-state index contributed by atoms with van der Waals surface area (Å²) in [6.45, 7) is 8.49. The molecule has 0 unspecified atom stereocenters. The highest BCUT2D eigenvalue weighted by Gasteiger charge is 2.12. The van der Waals surface area contributed by atoms with Crippen LogP contribution in [0, 0.1) is 13.8 Å². The van der Waals surface area contributed by atoms with E-state index < -0.39 is 0 Å². The van der Waals surface area contributed by atoms with Gasteiger partial charge in [-0.2, -0.15) is 5.10 Å². The number of nitrogens with one attached hydrogen (secondary N) is 1. The minimum Gasteiger partial charge on any atom is -0.490 e. The Balaban J connectivity index is 1.48. The summed E-state index contributed by atoms with van der Waals surface area (Å²) in [7, 11) is 0. The Morgan fingerprint density at radius 1 is 0.969 bits per heavy atom. The van der Waals surface area contributed by atoms with Gasteiger partial charge in [-0.15, -0.1) is 0 Å². The summed E-state index contributed by atoms with van der Waals surface area (Å²) in [5, 5.41) is 7.40. The predicted molar refractivity (Wildman–Crippen MR) is 124 cm³/mol. The number of hydrogen-bond acceptors (Lipinski definition) is 5. The van der Waals surface area contributed by atoms with Crippen LogP contribution < -0.4 is 19.5 Å². The van der Waals surface area contributed by atoms with Crippen LogP contribution in [0.1, 0.15) is 35.1 Å². The van der Waals surface area contributed by atoms with Gasteiger partial charge in [0.25, 0.3) is 5.91 Å². The highest BCUT2D eigenvalue weighted by atomic mass is 16.5. The Morgan fingerprint density at radius 3 is 2.47 bits per heavy atom. The van der Waals surface area contributed by atoms with Crippen LogP contribution >= 0.6 is 0 Å². The lowest BCUT2D eigenvalue weighted by Crippen LogP contribution is -2.25. The number of amides is 1. The summed E-state index contributed by atoms with van der Waals surface area (Å²) in [6.07, 6.45) is 0.800. The molecule has 7 nitrogen and oxygen atoms in total. The molecule has 1 aromatic heterocycles. The Kier molecular flexibility index (Phi) is 8.54. The summed E-state index contributed by atoms with van der Waals surface area (Å²) < 4.78 is 19.1. The van der Waals surface area contributed by atoms with Gasteiger partial charge in [0.1, 0.15) is 19.0 Å². The molecule has 0 saturated heterocycles. The highest BCUT2D eigenvalue weighted by Crippen LogP contribution is 2.28. The first-order valence-corrected chi connectivity index (χ1v) is 10.9. The largest absolute Gasteiger partial charge is 0.490 e. The molecule has 0 atom stereocenters. The number of para-hydroxylation sites is 1. The van der Waals surface area contributed by atoms with E-state index in [1.54, 1.807) is 18.2 Å². The first kappa shape index (κ1) is 23.2. The van der Waals surface area contributed by atoms with Gasteiger partial charge in [-0.05, 0) is 63.6 Å². The number of nitrogens with zero attached hydrogens (tertiary/aromatic N) is 2. The van der Waals surface area contributed by atoms with Crippen LogP contribution in [0.4, 0.5) is 0 Å². The van der Waals surface area contributed by atoms with Crippen LogP contribution in [-0.2, 0) is 6.54 Å². The lowest BCUT2D eigenvalue weighted by Gasteiger charge is -2.14. The van der Waals surface area contributed by atoms with Crippen LogP contribution in [0.2, 0.25) is 0 Å². The molecule has 1 heterocycles. The van der Waals surface area contributed by atoms with Crippen LogP contribution in [-0.4, -0.2) is 42.1 Å². The predicted octanol–water partition coefficient (Wildman–Crippen LogP) is 4.18. The van der Waals surface area contributed by atoms with Crippen LogP contribution in [0.25, 0.3) is 0 Å². The molecule has 2 aromatic carbocycles. The monoisotopic (exact) mass is 437 g/mol. The molecule has 1 N–H and O–H groups in total. The third-order valence-electron chi connectivity index (χ3n) is 4.79. The van der Waals surface area contributed by atoms with Gasteiger partial charge in [0.15, 0.2) is 11.5 Å². The van der Waals surface area contributed by atoms with Crippen molar-refractivity contribution >= 4 is 5.91 Å². The normalized spacial score (nSPS) is 10.6. The minimum atomic E-state index is -0.140. The van der Waals surface area contributed by atoms with Gasteiger partial charge < -0.3 is 19.5 Å². The number of benzene rings is 2. The SMILES string of the molecule is CCOc1cc(C(=O)NCCCn2nc(C)cc2C)ccc1OCCOc1ccccc1. The zero-order chi connectivity index (χ0) is 22.8. The molecule has 3 aromatic rings. The smallest absolute Gasteiger partial charge is 0.251 e. The van der Waals surface area contributed by atoms with Crippen molar-refractivity contribution < 1.29 is 19.0 Å². The van der Waals surface area contributed by atoms with Crippen molar-refractivity contribution in [2.24, 2.45) is 0 Å². The summed E-state index contributed by atoms with van der Waals surface area (Å²) in [6, 6.07) is 16.9. The zero-order valence-corrected chi connectivity index (χ0v) is 19.0. The van der Waals surface area contributed by atoms with E-state index in [1.165, 1.54) is 0 Å². The second kappa shape index (κ2) is 11.8. The van der Waals surface area contributed by atoms with Crippen LogP contribution in [0.3, 0.4) is 0 Å². The maximum atomic E-state index is 12.6. The second-order valence-corrected chi connectivity index (χ2v) is 7.36. The van der Waals surface area contributed by atoms with E-state index in [4.69, 9.17) is 14.2 Å². The standard InChI is InChI=1S/C25H31N3O4/c1-4-30-24-18-21(25(29)26-13-8-14-28-20(3)17-19(2)27-28)11-12-23(24)32-16-15-31-22-9-6-5-7-10-22/h5-7,9-12,17-18H,4,8,13-16H2,1-3H3,(H,26,29).